The number of Topliss-reactive ketones (excluding diaryl/α,β-unsaturated/α-hetero) is 1. The summed E-state index contributed by atoms with van der Waals surface area (Å²) in [6.45, 7) is 8.86. The van der Waals surface area contributed by atoms with E-state index >= 15 is 0 Å². The third kappa shape index (κ3) is 3.07. The van der Waals surface area contributed by atoms with Crippen molar-refractivity contribution in [3.63, 3.8) is 0 Å². The number of benzene rings is 1. The molecule has 0 bridgehead atoms. The summed E-state index contributed by atoms with van der Waals surface area (Å²) >= 11 is 0. The summed E-state index contributed by atoms with van der Waals surface area (Å²) in [5.41, 5.74) is 3.73. The van der Waals surface area contributed by atoms with Crippen LogP contribution in [0.1, 0.15) is 41.2 Å². The fourth-order valence-electron chi connectivity index (χ4n) is 2.17. The van der Waals surface area contributed by atoms with Crippen LogP contribution in [-0.2, 0) is 13.2 Å². The molecule has 1 heterocycles. The number of carbonyl (C=O) groups excluding carboxylic acids is 1. The highest BCUT2D eigenvalue weighted by molar-refractivity contribution is 5.94. The van der Waals surface area contributed by atoms with Crippen LogP contribution < -0.4 is 4.74 Å². The minimum Gasteiger partial charge on any atom is -0.487 e. The van der Waals surface area contributed by atoms with Crippen LogP contribution in [0.15, 0.2) is 24.3 Å². The molecule has 0 aliphatic heterocycles. The van der Waals surface area contributed by atoms with Crippen molar-refractivity contribution in [3.05, 3.63) is 46.8 Å². The molecule has 4 heteroatoms. The van der Waals surface area contributed by atoms with Gasteiger partial charge in [-0.1, -0.05) is 0 Å². The van der Waals surface area contributed by atoms with Crippen LogP contribution in [0, 0.1) is 13.8 Å². The molecule has 20 heavy (non-hydrogen) atoms. The van der Waals surface area contributed by atoms with Crippen molar-refractivity contribution in [2.45, 2.75) is 40.8 Å². The third-order valence-electron chi connectivity index (χ3n) is 3.24. The first-order valence-electron chi connectivity index (χ1n) is 6.79. The molecular weight excluding hydrogens is 252 g/mol. The van der Waals surface area contributed by atoms with Gasteiger partial charge in [0.1, 0.15) is 12.4 Å². The van der Waals surface area contributed by atoms with Crippen molar-refractivity contribution in [3.8, 4) is 5.75 Å². The SMILES string of the molecule is CCn1nc(C)cc1COc1ccc(C(C)=O)cc1C. The molecule has 4 nitrogen and oxygen atoms in total. The number of aromatic nitrogens is 2. The monoisotopic (exact) mass is 272 g/mol. The van der Waals surface area contributed by atoms with E-state index in [9.17, 15) is 4.79 Å². The maximum Gasteiger partial charge on any atom is 0.159 e. The lowest BCUT2D eigenvalue weighted by Crippen LogP contribution is -2.06. The van der Waals surface area contributed by atoms with Gasteiger partial charge in [-0.15, -0.1) is 0 Å². The van der Waals surface area contributed by atoms with Gasteiger partial charge >= 0.3 is 0 Å². The Morgan fingerprint density at radius 1 is 1.30 bits per heavy atom. The molecule has 0 unspecified atom stereocenters. The molecule has 1 aromatic carbocycles. The second-order valence-corrected chi connectivity index (χ2v) is 4.92. The average molecular weight is 272 g/mol. The molecule has 0 saturated carbocycles. The van der Waals surface area contributed by atoms with E-state index in [-0.39, 0.29) is 5.78 Å². The Bertz CT molecular complexity index is 629. The molecule has 0 spiro atoms. The van der Waals surface area contributed by atoms with Gasteiger partial charge in [0.05, 0.1) is 11.4 Å². The molecule has 0 aliphatic carbocycles. The molecule has 0 atom stereocenters. The van der Waals surface area contributed by atoms with E-state index < -0.39 is 0 Å². The van der Waals surface area contributed by atoms with Gasteiger partial charge in [0.15, 0.2) is 5.78 Å². The molecule has 2 aromatic rings. The van der Waals surface area contributed by atoms with Crippen LogP contribution in [0.2, 0.25) is 0 Å². The summed E-state index contributed by atoms with van der Waals surface area (Å²) in [4.78, 5) is 11.3. The summed E-state index contributed by atoms with van der Waals surface area (Å²) < 4.78 is 7.78. The van der Waals surface area contributed by atoms with Crippen molar-refractivity contribution >= 4 is 5.78 Å². The van der Waals surface area contributed by atoms with Crippen molar-refractivity contribution in [1.29, 1.82) is 0 Å². The van der Waals surface area contributed by atoms with E-state index in [1.54, 1.807) is 13.0 Å². The summed E-state index contributed by atoms with van der Waals surface area (Å²) in [6.07, 6.45) is 0. The van der Waals surface area contributed by atoms with Crippen LogP contribution in [-0.4, -0.2) is 15.6 Å². The number of ketones is 1. The van der Waals surface area contributed by atoms with Gasteiger partial charge in [0.25, 0.3) is 0 Å². The molecule has 2 rings (SSSR count). The first-order chi connectivity index (χ1) is 9.51. The Hall–Kier alpha value is -2.10. The highest BCUT2D eigenvalue weighted by Crippen LogP contribution is 2.21. The third-order valence-corrected chi connectivity index (χ3v) is 3.24. The number of nitrogens with zero attached hydrogens (tertiary/aromatic N) is 2. The predicted octanol–water partition coefficient (Wildman–Crippen LogP) is 3.30. The van der Waals surface area contributed by atoms with Crippen LogP contribution >= 0.6 is 0 Å². The van der Waals surface area contributed by atoms with Crippen molar-refractivity contribution in [1.82, 2.24) is 9.78 Å². The zero-order valence-corrected chi connectivity index (χ0v) is 12.4. The molecule has 0 aliphatic rings. The van der Waals surface area contributed by atoms with Gasteiger partial charge in [0.2, 0.25) is 0 Å². The molecule has 0 radical (unpaired) electrons. The van der Waals surface area contributed by atoms with Gasteiger partial charge in [-0.3, -0.25) is 9.48 Å². The average Bonchev–Trinajstić information content (AvgIpc) is 2.77. The molecular formula is C16H20N2O2. The maximum atomic E-state index is 11.3. The Morgan fingerprint density at radius 2 is 2.05 bits per heavy atom. The number of hydrogen-bond acceptors (Lipinski definition) is 3. The lowest BCUT2D eigenvalue weighted by Gasteiger charge is -2.10. The minimum atomic E-state index is 0.0688. The maximum absolute atomic E-state index is 11.3. The number of rotatable bonds is 5. The van der Waals surface area contributed by atoms with E-state index in [1.807, 2.05) is 36.7 Å². The summed E-state index contributed by atoms with van der Waals surface area (Å²) in [5.74, 6) is 0.871. The molecule has 0 saturated heterocycles. The topological polar surface area (TPSA) is 44.1 Å². The summed E-state index contributed by atoms with van der Waals surface area (Å²) in [5, 5.41) is 4.39. The normalized spacial score (nSPS) is 10.6. The van der Waals surface area contributed by atoms with Crippen LogP contribution in [0.5, 0.6) is 5.75 Å². The van der Waals surface area contributed by atoms with Gasteiger partial charge in [-0.25, -0.2) is 0 Å². The Balaban J connectivity index is 2.12. The minimum absolute atomic E-state index is 0.0688. The van der Waals surface area contributed by atoms with Crippen molar-refractivity contribution in [2.75, 3.05) is 0 Å². The van der Waals surface area contributed by atoms with Crippen LogP contribution in [0.25, 0.3) is 0 Å². The molecule has 0 N–H and O–H groups in total. The van der Waals surface area contributed by atoms with E-state index in [0.717, 1.165) is 29.2 Å². The van der Waals surface area contributed by atoms with E-state index in [1.165, 1.54) is 0 Å². The van der Waals surface area contributed by atoms with Crippen LogP contribution in [0.4, 0.5) is 0 Å². The smallest absolute Gasteiger partial charge is 0.159 e. The largest absolute Gasteiger partial charge is 0.487 e. The highest BCUT2D eigenvalue weighted by atomic mass is 16.5. The highest BCUT2D eigenvalue weighted by Gasteiger charge is 2.08. The fourth-order valence-corrected chi connectivity index (χ4v) is 2.17. The van der Waals surface area contributed by atoms with E-state index in [0.29, 0.717) is 12.2 Å². The van der Waals surface area contributed by atoms with Gasteiger partial charge in [0, 0.05) is 12.1 Å². The fraction of sp³-hybridized carbons (Fsp3) is 0.375. The van der Waals surface area contributed by atoms with Gasteiger partial charge < -0.3 is 4.74 Å². The first kappa shape index (κ1) is 14.3. The predicted molar refractivity (Wildman–Crippen MR) is 78.2 cm³/mol. The van der Waals surface area contributed by atoms with Gasteiger partial charge in [-0.05, 0) is 57.5 Å². The van der Waals surface area contributed by atoms with Crippen molar-refractivity contribution < 1.29 is 9.53 Å². The van der Waals surface area contributed by atoms with Crippen LogP contribution in [0.3, 0.4) is 0 Å². The number of hydrogen-bond donors (Lipinski definition) is 0. The molecule has 1 aromatic heterocycles. The number of ether oxygens (including phenoxy) is 1. The standard InChI is InChI=1S/C16H20N2O2/c1-5-18-15(9-12(3)17-18)10-20-16-7-6-14(13(4)19)8-11(16)2/h6-9H,5,10H2,1-4H3. The second kappa shape index (κ2) is 5.90. The van der Waals surface area contributed by atoms with E-state index in [4.69, 9.17) is 4.74 Å². The Morgan fingerprint density at radius 3 is 2.65 bits per heavy atom. The second-order valence-electron chi connectivity index (χ2n) is 4.92. The Kier molecular flexibility index (Phi) is 4.23. The molecule has 0 amide bonds. The molecule has 0 fully saturated rings. The lowest BCUT2D eigenvalue weighted by molar-refractivity contribution is 0.101. The number of carbonyl (C=O) groups is 1. The lowest BCUT2D eigenvalue weighted by atomic mass is 10.1. The summed E-state index contributed by atoms with van der Waals surface area (Å²) in [6, 6.07) is 7.54. The number of aryl methyl sites for hydroxylation is 3. The quantitative estimate of drug-likeness (QED) is 0.784. The zero-order chi connectivity index (χ0) is 14.7. The van der Waals surface area contributed by atoms with Gasteiger partial charge in [-0.2, -0.15) is 5.10 Å². The van der Waals surface area contributed by atoms with E-state index in [2.05, 4.69) is 12.0 Å². The van der Waals surface area contributed by atoms with Crippen molar-refractivity contribution in [2.24, 2.45) is 0 Å². The molecule has 106 valence electrons. The first-order valence-corrected chi connectivity index (χ1v) is 6.79. The summed E-state index contributed by atoms with van der Waals surface area (Å²) in [7, 11) is 0. The Labute approximate surface area is 119 Å². The zero-order valence-electron chi connectivity index (χ0n) is 12.4.